The average molecular weight is 345 g/mol. The maximum absolute atomic E-state index is 13.4. The lowest BCUT2D eigenvalue weighted by molar-refractivity contribution is -0.146. The number of methoxy groups -OCH3 is 1. The van der Waals surface area contributed by atoms with Gasteiger partial charge in [-0.2, -0.15) is 0 Å². The number of nitrogens with one attached hydrogen (secondary N) is 1. The summed E-state index contributed by atoms with van der Waals surface area (Å²) in [4.78, 5) is 34.7. The summed E-state index contributed by atoms with van der Waals surface area (Å²) in [6.07, 6.45) is -0.256. The molecule has 1 amide bonds. The second-order valence-corrected chi connectivity index (χ2v) is 5.05. The first-order valence-corrected chi connectivity index (χ1v) is 7.37. The van der Waals surface area contributed by atoms with Gasteiger partial charge in [-0.15, -0.1) is 0 Å². The van der Waals surface area contributed by atoms with Gasteiger partial charge < -0.3 is 14.8 Å². The summed E-state index contributed by atoms with van der Waals surface area (Å²) in [5.41, 5.74) is 0.978. The van der Waals surface area contributed by atoms with E-state index in [9.17, 15) is 18.8 Å². The minimum Gasteiger partial charge on any atom is -0.465 e. The molecule has 0 saturated carbocycles. The first-order valence-electron chi connectivity index (χ1n) is 7.37. The van der Waals surface area contributed by atoms with Gasteiger partial charge in [0, 0.05) is 5.69 Å². The van der Waals surface area contributed by atoms with Gasteiger partial charge >= 0.3 is 11.9 Å². The highest BCUT2D eigenvalue weighted by molar-refractivity contribution is 5.94. The molecule has 7 heteroatoms. The molecule has 2 rings (SSSR count). The quantitative estimate of drug-likeness (QED) is 0.813. The van der Waals surface area contributed by atoms with E-state index in [0.717, 1.165) is 0 Å². The number of benzene rings is 2. The molecule has 0 radical (unpaired) electrons. The molecule has 1 N–H and O–H groups in total. The third-order valence-electron chi connectivity index (χ3n) is 3.25. The average Bonchev–Trinajstić information content (AvgIpc) is 2.62. The van der Waals surface area contributed by atoms with E-state index in [1.165, 1.54) is 49.6 Å². The van der Waals surface area contributed by atoms with Crippen molar-refractivity contribution in [3.05, 3.63) is 65.5 Å². The van der Waals surface area contributed by atoms with Crippen LogP contribution in [0.1, 0.15) is 15.9 Å². The van der Waals surface area contributed by atoms with E-state index >= 15 is 0 Å². The SMILES string of the molecule is COC(=O)c1ccc(NC(=O)COC(=O)Cc2ccccc2F)cc1. The minimum atomic E-state index is -0.707. The van der Waals surface area contributed by atoms with E-state index in [2.05, 4.69) is 10.1 Å². The van der Waals surface area contributed by atoms with Gasteiger partial charge in [0.2, 0.25) is 0 Å². The molecule has 0 spiro atoms. The van der Waals surface area contributed by atoms with Crippen molar-refractivity contribution in [1.29, 1.82) is 0 Å². The smallest absolute Gasteiger partial charge is 0.337 e. The molecule has 25 heavy (non-hydrogen) atoms. The van der Waals surface area contributed by atoms with Crippen LogP contribution in [0.25, 0.3) is 0 Å². The molecular formula is C18H16FNO5. The molecule has 0 aliphatic rings. The number of hydrogen-bond donors (Lipinski definition) is 1. The first-order chi connectivity index (χ1) is 12.0. The normalized spacial score (nSPS) is 10.0. The van der Waals surface area contributed by atoms with Crippen LogP contribution in [-0.4, -0.2) is 31.6 Å². The van der Waals surface area contributed by atoms with Crippen LogP contribution in [0, 0.1) is 5.82 Å². The Kier molecular flexibility index (Phi) is 6.22. The van der Waals surface area contributed by atoms with Crippen molar-refractivity contribution in [3.8, 4) is 0 Å². The second-order valence-electron chi connectivity index (χ2n) is 5.05. The van der Waals surface area contributed by atoms with Crippen LogP contribution in [0.2, 0.25) is 0 Å². The van der Waals surface area contributed by atoms with Crippen molar-refractivity contribution in [2.24, 2.45) is 0 Å². The number of amides is 1. The Hall–Kier alpha value is -3.22. The number of ether oxygens (including phenoxy) is 2. The third-order valence-corrected chi connectivity index (χ3v) is 3.25. The molecule has 0 aliphatic carbocycles. The van der Waals surface area contributed by atoms with Crippen molar-refractivity contribution in [3.63, 3.8) is 0 Å². The number of rotatable bonds is 6. The van der Waals surface area contributed by atoms with Crippen LogP contribution in [-0.2, 0) is 25.5 Å². The molecule has 0 bridgehead atoms. The summed E-state index contributed by atoms with van der Waals surface area (Å²) in [5.74, 6) is -2.25. The molecule has 0 heterocycles. The molecule has 0 fully saturated rings. The molecule has 0 aliphatic heterocycles. The molecule has 6 nitrogen and oxygen atoms in total. The Morgan fingerprint density at radius 2 is 1.72 bits per heavy atom. The lowest BCUT2D eigenvalue weighted by atomic mass is 10.1. The van der Waals surface area contributed by atoms with E-state index in [1.54, 1.807) is 6.07 Å². The molecular weight excluding hydrogens is 329 g/mol. The molecule has 0 aromatic heterocycles. The Morgan fingerprint density at radius 3 is 2.36 bits per heavy atom. The summed E-state index contributed by atoms with van der Waals surface area (Å²) in [5, 5.41) is 2.51. The van der Waals surface area contributed by atoms with Gasteiger partial charge in [0.1, 0.15) is 5.82 Å². The maximum atomic E-state index is 13.4. The van der Waals surface area contributed by atoms with Gasteiger partial charge in [-0.1, -0.05) is 18.2 Å². The maximum Gasteiger partial charge on any atom is 0.337 e. The van der Waals surface area contributed by atoms with Crippen LogP contribution in [0.4, 0.5) is 10.1 Å². The van der Waals surface area contributed by atoms with Crippen molar-refractivity contribution in [1.82, 2.24) is 0 Å². The Morgan fingerprint density at radius 1 is 1.04 bits per heavy atom. The Labute approximate surface area is 143 Å². The largest absolute Gasteiger partial charge is 0.465 e. The number of anilines is 1. The lowest BCUT2D eigenvalue weighted by Crippen LogP contribution is -2.21. The van der Waals surface area contributed by atoms with E-state index in [0.29, 0.717) is 11.3 Å². The standard InChI is InChI=1S/C18H16FNO5/c1-24-18(23)12-6-8-14(9-7-12)20-16(21)11-25-17(22)10-13-4-2-3-5-15(13)19/h2-9H,10-11H2,1H3,(H,20,21). The highest BCUT2D eigenvalue weighted by Crippen LogP contribution is 2.11. The molecule has 0 atom stereocenters. The van der Waals surface area contributed by atoms with Crippen LogP contribution in [0.3, 0.4) is 0 Å². The fourth-order valence-corrected chi connectivity index (χ4v) is 2.00. The summed E-state index contributed by atoms with van der Waals surface area (Å²) in [7, 11) is 1.27. The fourth-order valence-electron chi connectivity index (χ4n) is 2.00. The second kappa shape index (κ2) is 8.58. The van der Waals surface area contributed by atoms with Gasteiger partial charge in [0.05, 0.1) is 19.1 Å². The molecule has 130 valence electrons. The number of halogens is 1. The predicted octanol–water partition coefficient (Wildman–Crippen LogP) is 2.34. The monoisotopic (exact) mass is 345 g/mol. The zero-order valence-electron chi connectivity index (χ0n) is 13.5. The predicted molar refractivity (Wildman–Crippen MR) is 87.5 cm³/mol. The van der Waals surface area contributed by atoms with E-state index in [4.69, 9.17) is 4.74 Å². The highest BCUT2D eigenvalue weighted by atomic mass is 19.1. The van der Waals surface area contributed by atoms with Crippen LogP contribution < -0.4 is 5.32 Å². The van der Waals surface area contributed by atoms with Crippen molar-refractivity contribution >= 4 is 23.5 Å². The number of carbonyl (C=O) groups excluding carboxylic acids is 3. The molecule has 0 saturated heterocycles. The number of hydrogen-bond acceptors (Lipinski definition) is 5. The number of carbonyl (C=O) groups is 3. The highest BCUT2D eigenvalue weighted by Gasteiger charge is 2.12. The topological polar surface area (TPSA) is 81.7 Å². The van der Waals surface area contributed by atoms with Gasteiger partial charge in [0.15, 0.2) is 6.61 Å². The van der Waals surface area contributed by atoms with Gasteiger partial charge in [-0.05, 0) is 35.9 Å². The van der Waals surface area contributed by atoms with E-state index < -0.39 is 30.3 Å². The zero-order valence-corrected chi connectivity index (χ0v) is 13.5. The first kappa shape index (κ1) is 18.1. The number of esters is 2. The molecule has 2 aromatic carbocycles. The molecule has 0 unspecified atom stereocenters. The zero-order chi connectivity index (χ0) is 18.2. The molecule has 2 aromatic rings. The van der Waals surface area contributed by atoms with Crippen molar-refractivity contribution < 1.29 is 28.2 Å². The summed E-state index contributed by atoms with van der Waals surface area (Å²) in [6.45, 7) is -0.494. The van der Waals surface area contributed by atoms with Crippen LogP contribution in [0.15, 0.2) is 48.5 Å². The van der Waals surface area contributed by atoms with Crippen LogP contribution >= 0.6 is 0 Å². The van der Waals surface area contributed by atoms with Crippen molar-refractivity contribution in [2.75, 3.05) is 19.0 Å². The lowest BCUT2D eigenvalue weighted by Gasteiger charge is -2.07. The van der Waals surface area contributed by atoms with Crippen LogP contribution in [0.5, 0.6) is 0 Å². The van der Waals surface area contributed by atoms with E-state index in [-0.39, 0.29) is 12.0 Å². The Bertz CT molecular complexity index is 773. The van der Waals surface area contributed by atoms with E-state index in [1.807, 2.05) is 0 Å². The minimum absolute atomic E-state index is 0.200. The summed E-state index contributed by atoms with van der Waals surface area (Å²) >= 11 is 0. The summed E-state index contributed by atoms with van der Waals surface area (Å²) < 4.78 is 22.8. The Balaban J connectivity index is 1.81. The van der Waals surface area contributed by atoms with Gasteiger partial charge in [-0.25, -0.2) is 9.18 Å². The van der Waals surface area contributed by atoms with Crippen molar-refractivity contribution in [2.45, 2.75) is 6.42 Å². The van der Waals surface area contributed by atoms with Gasteiger partial charge in [-0.3, -0.25) is 9.59 Å². The third kappa shape index (κ3) is 5.42. The summed E-state index contributed by atoms with van der Waals surface area (Å²) in [6, 6.07) is 11.9. The fraction of sp³-hybridized carbons (Fsp3) is 0.167. The van der Waals surface area contributed by atoms with Gasteiger partial charge in [0.25, 0.3) is 5.91 Å².